The third-order valence-corrected chi connectivity index (χ3v) is 3.80. The average Bonchev–Trinajstić information content (AvgIpc) is 2.49. The summed E-state index contributed by atoms with van der Waals surface area (Å²) in [6.07, 6.45) is 0. The number of morpholine rings is 1. The Morgan fingerprint density at radius 3 is 3.00 bits per heavy atom. The molecule has 1 unspecified atom stereocenters. The molecule has 1 aliphatic rings. The van der Waals surface area contributed by atoms with Gasteiger partial charge in [0.1, 0.15) is 6.04 Å². The number of carbonyl (C=O) groups excluding carboxylic acids is 1. The molecular formula is C15H23N3O2. The smallest absolute Gasteiger partial charge is 0.239 e. The van der Waals surface area contributed by atoms with E-state index in [0.717, 1.165) is 18.7 Å². The molecule has 0 aliphatic carbocycles. The van der Waals surface area contributed by atoms with Gasteiger partial charge in [-0.25, -0.2) is 0 Å². The van der Waals surface area contributed by atoms with Crippen LogP contribution in [-0.4, -0.2) is 43.7 Å². The molecule has 1 saturated heterocycles. The summed E-state index contributed by atoms with van der Waals surface area (Å²) in [5.74, 6) is 0.0148. The Labute approximate surface area is 120 Å². The van der Waals surface area contributed by atoms with Crippen LogP contribution in [0, 0.1) is 6.92 Å². The van der Waals surface area contributed by atoms with E-state index in [0.29, 0.717) is 19.8 Å². The molecule has 1 heterocycles. The topological polar surface area (TPSA) is 67.6 Å². The Kier molecular flexibility index (Phi) is 5.11. The molecule has 1 fully saturated rings. The summed E-state index contributed by atoms with van der Waals surface area (Å²) in [4.78, 5) is 14.1. The first-order valence-corrected chi connectivity index (χ1v) is 6.97. The van der Waals surface area contributed by atoms with Crippen molar-refractivity contribution in [3.05, 3.63) is 34.9 Å². The highest BCUT2D eigenvalue weighted by Gasteiger charge is 2.28. The van der Waals surface area contributed by atoms with E-state index >= 15 is 0 Å². The third kappa shape index (κ3) is 3.36. The molecule has 0 spiro atoms. The molecule has 3 N–H and O–H groups in total. The van der Waals surface area contributed by atoms with Crippen molar-refractivity contribution in [2.24, 2.45) is 5.73 Å². The van der Waals surface area contributed by atoms with Crippen LogP contribution in [0.2, 0.25) is 0 Å². The lowest BCUT2D eigenvalue weighted by Gasteiger charge is -2.34. The number of rotatable bonds is 4. The first-order valence-electron chi connectivity index (χ1n) is 6.97. The summed E-state index contributed by atoms with van der Waals surface area (Å²) in [5, 5.41) is 2.71. The number of hydrogen-bond acceptors (Lipinski definition) is 4. The van der Waals surface area contributed by atoms with Crippen LogP contribution < -0.4 is 11.1 Å². The molecule has 1 aromatic rings. The fraction of sp³-hybridized carbons (Fsp3) is 0.533. The van der Waals surface area contributed by atoms with Gasteiger partial charge in [-0.15, -0.1) is 0 Å². The summed E-state index contributed by atoms with van der Waals surface area (Å²) < 4.78 is 5.42. The Hall–Kier alpha value is -1.43. The number of nitrogens with zero attached hydrogens (tertiary/aromatic N) is 1. The first-order chi connectivity index (χ1) is 9.65. The zero-order chi connectivity index (χ0) is 14.5. The second-order valence-corrected chi connectivity index (χ2v) is 5.14. The van der Waals surface area contributed by atoms with Gasteiger partial charge in [-0.3, -0.25) is 9.69 Å². The van der Waals surface area contributed by atoms with Crippen molar-refractivity contribution in [3.63, 3.8) is 0 Å². The monoisotopic (exact) mass is 277 g/mol. The van der Waals surface area contributed by atoms with Crippen LogP contribution >= 0.6 is 0 Å². The molecule has 5 heteroatoms. The minimum absolute atomic E-state index is 0.0148. The Morgan fingerprint density at radius 1 is 1.55 bits per heavy atom. The average molecular weight is 277 g/mol. The lowest BCUT2D eigenvalue weighted by molar-refractivity contribution is -0.132. The molecule has 110 valence electrons. The van der Waals surface area contributed by atoms with Crippen molar-refractivity contribution < 1.29 is 9.53 Å². The fourth-order valence-electron chi connectivity index (χ4n) is 2.52. The molecule has 20 heavy (non-hydrogen) atoms. The zero-order valence-electron chi connectivity index (χ0n) is 12.2. The minimum Gasteiger partial charge on any atom is -0.378 e. The number of hydrogen-bond donors (Lipinski definition) is 2. The van der Waals surface area contributed by atoms with Crippen LogP contribution in [0.25, 0.3) is 0 Å². The molecular weight excluding hydrogens is 254 g/mol. The Bertz CT molecular complexity index is 476. The SMILES string of the molecule is CNC(=O)C1COCCN1Cc1ccc(CN)cc1C. The maximum atomic E-state index is 11.9. The second kappa shape index (κ2) is 6.83. The minimum atomic E-state index is -0.206. The van der Waals surface area contributed by atoms with E-state index in [-0.39, 0.29) is 11.9 Å². The van der Waals surface area contributed by atoms with Gasteiger partial charge in [0.25, 0.3) is 0 Å². The van der Waals surface area contributed by atoms with Crippen molar-refractivity contribution in [1.82, 2.24) is 10.2 Å². The van der Waals surface area contributed by atoms with E-state index in [2.05, 4.69) is 35.3 Å². The van der Waals surface area contributed by atoms with Gasteiger partial charge in [0, 0.05) is 26.7 Å². The van der Waals surface area contributed by atoms with Crippen molar-refractivity contribution in [1.29, 1.82) is 0 Å². The summed E-state index contributed by atoms with van der Waals surface area (Å²) >= 11 is 0. The molecule has 5 nitrogen and oxygen atoms in total. The largest absolute Gasteiger partial charge is 0.378 e. The molecule has 0 saturated carbocycles. The van der Waals surface area contributed by atoms with E-state index in [1.54, 1.807) is 7.05 Å². The van der Waals surface area contributed by atoms with Gasteiger partial charge < -0.3 is 15.8 Å². The van der Waals surface area contributed by atoms with Crippen LogP contribution in [0.3, 0.4) is 0 Å². The molecule has 1 aromatic carbocycles. The highest BCUT2D eigenvalue weighted by Crippen LogP contribution is 2.17. The van der Waals surface area contributed by atoms with E-state index in [1.165, 1.54) is 11.1 Å². The van der Waals surface area contributed by atoms with E-state index in [1.807, 2.05) is 0 Å². The predicted molar refractivity (Wildman–Crippen MR) is 78.2 cm³/mol. The van der Waals surface area contributed by atoms with Gasteiger partial charge in [0.2, 0.25) is 5.91 Å². The number of nitrogens with one attached hydrogen (secondary N) is 1. The highest BCUT2D eigenvalue weighted by atomic mass is 16.5. The van der Waals surface area contributed by atoms with Gasteiger partial charge in [-0.2, -0.15) is 0 Å². The van der Waals surface area contributed by atoms with Crippen LogP contribution in [0.15, 0.2) is 18.2 Å². The normalized spacial score (nSPS) is 19.9. The van der Waals surface area contributed by atoms with Crippen LogP contribution in [0.5, 0.6) is 0 Å². The number of nitrogens with two attached hydrogens (primary N) is 1. The van der Waals surface area contributed by atoms with E-state index in [9.17, 15) is 4.79 Å². The molecule has 1 atom stereocenters. The van der Waals surface area contributed by atoms with Crippen LogP contribution in [0.4, 0.5) is 0 Å². The Morgan fingerprint density at radius 2 is 2.35 bits per heavy atom. The maximum absolute atomic E-state index is 11.9. The maximum Gasteiger partial charge on any atom is 0.239 e. The van der Waals surface area contributed by atoms with Gasteiger partial charge >= 0.3 is 0 Å². The standard InChI is InChI=1S/C15H23N3O2/c1-11-7-12(8-16)3-4-13(11)9-18-5-6-20-10-14(18)15(19)17-2/h3-4,7,14H,5-6,8-10,16H2,1-2H3,(H,17,19). The second-order valence-electron chi connectivity index (χ2n) is 5.14. The molecule has 1 aliphatic heterocycles. The van der Waals surface area contributed by atoms with Gasteiger partial charge in [0.05, 0.1) is 13.2 Å². The van der Waals surface area contributed by atoms with Crippen molar-refractivity contribution in [2.45, 2.75) is 26.1 Å². The summed E-state index contributed by atoms with van der Waals surface area (Å²) in [6.45, 7) is 5.31. The molecule has 2 rings (SSSR count). The summed E-state index contributed by atoms with van der Waals surface area (Å²) in [6, 6.07) is 6.07. The summed E-state index contributed by atoms with van der Waals surface area (Å²) in [7, 11) is 1.66. The van der Waals surface area contributed by atoms with Gasteiger partial charge in [0.15, 0.2) is 0 Å². The van der Waals surface area contributed by atoms with Crippen molar-refractivity contribution in [2.75, 3.05) is 26.8 Å². The van der Waals surface area contributed by atoms with E-state index < -0.39 is 0 Å². The molecule has 0 radical (unpaired) electrons. The van der Waals surface area contributed by atoms with Crippen LogP contribution in [-0.2, 0) is 22.6 Å². The van der Waals surface area contributed by atoms with Gasteiger partial charge in [-0.1, -0.05) is 18.2 Å². The first kappa shape index (κ1) is 15.0. The number of ether oxygens (including phenoxy) is 1. The quantitative estimate of drug-likeness (QED) is 0.836. The zero-order valence-corrected chi connectivity index (χ0v) is 12.2. The number of likely N-dealkylation sites (N-methyl/N-ethyl adjacent to an activating group) is 1. The highest BCUT2D eigenvalue weighted by molar-refractivity contribution is 5.81. The van der Waals surface area contributed by atoms with Crippen LogP contribution in [0.1, 0.15) is 16.7 Å². The lowest BCUT2D eigenvalue weighted by Crippen LogP contribution is -2.52. The third-order valence-electron chi connectivity index (χ3n) is 3.80. The van der Waals surface area contributed by atoms with E-state index in [4.69, 9.17) is 10.5 Å². The molecule has 0 aromatic heterocycles. The fourth-order valence-corrected chi connectivity index (χ4v) is 2.52. The number of benzene rings is 1. The number of aryl methyl sites for hydroxylation is 1. The number of amides is 1. The lowest BCUT2D eigenvalue weighted by atomic mass is 10.0. The van der Waals surface area contributed by atoms with Crippen molar-refractivity contribution in [3.8, 4) is 0 Å². The number of carbonyl (C=O) groups is 1. The van der Waals surface area contributed by atoms with Gasteiger partial charge in [-0.05, 0) is 23.6 Å². The predicted octanol–water partition coefficient (Wildman–Crippen LogP) is 0.401. The Balaban J connectivity index is 2.12. The molecule has 0 bridgehead atoms. The van der Waals surface area contributed by atoms with Crippen molar-refractivity contribution >= 4 is 5.91 Å². The molecule has 1 amide bonds. The summed E-state index contributed by atoms with van der Waals surface area (Å²) in [5.41, 5.74) is 9.24.